The first-order chi connectivity index (χ1) is 10.1. The van der Waals surface area contributed by atoms with Gasteiger partial charge in [0.25, 0.3) is 0 Å². The van der Waals surface area contributed by atoms with Crippen LogP contribution in [0.5, 0.6) is 0 Å². The highest BCUT2D eigenvalue weighted by molar-refractivity contribution is 5.53. The molecule has 5 nitrogen and oxygen atoms in total. The molecule has 0 saturated carbocycles. The van der Waals surface area contributed by atoms with Crippen molar-refractivity contribution in [1.82, 2.24) is 20.4 Å². The van der Waals surface area contributed by atoms with E-state index < -0.39 is 0 Å². The number of pyridine rings is 1. The van der Waals surface area contributed by atoms with E-state index in [9.17, 15) is 0 Å². The number of aryl methyl sites for hydroxylation is 1. The smallest absolute Gasteiger partial charge is 0.232 e. The first-order valence-electron chi connectivity index (χ1n) is 7.56. The third-order valence-corrected chi connectivity index (χ3v) is 4.52. The molecule has 2 aromatic heterocycles. The van der Waals surface area contributed by atoms with Gasteiger partial charge in [0.05, 0.1) is 0 Å². The van der Waals surface area contributed by atoms with E-state index in [4.69, 9.17) is 4.52 Å². The summed E-state index contributed by atoms with van der Waals surface area (Å²) in [6.07, 6.45) is 4.16. The van der Waals surface area contributed by atoms with Gasteiger partial charge in [0, 0.05) is 11.6 Å². The van der Waals surface area contributed by atoms with Gasteiger partial charge in [0.1, 0.15) is 5.69 Å². The van der Waals surface area contributed by atoms with Gasteiger partial charge >= 0.3 is 0 Å². The zero-order valence-electron chi connectivity index (χ0n) is 12.9. The molecule has 1 unspecified atom stereocenters. The quantitative estimate of drug-likeness (QED) is 0.940. The minimum atomic E-state index is -0.124. The van der Waals surface area contributed by atoms with Crippen LogP contribution in [-0.4, -0.2) is 28.2 Å². The Balaban J connectivity index is 1.89. The topological polar surface area (TPSA) is 63.8 Å². The van der Waals surface area contributed by atoms with Gasteiger partial charge in [0.2, 0.25) is 11.7 Å². The van der Waals surface area contributed by atoms with E-state index in [1.54, 1.807) is 6.20 Å². The van der Waals surface area contributed by atoms with Gasteiger partial charge in [-0.1, -0.05) is 25.1 Å². The molecule has 5 heteroatoms. The van der Waals surface area contributed by atoms with Crippen molar-refractivity contribution >= 4 is 0 Å². The maximum atomic E-state index is 5.56. The van der Waals surface area contributed by atoms with Crippen LogP contribution in [-0.2, 0) is 5.41 Å². The van der Waals surface area contributed by atoms with Crippen LogP contribution < -0.4 is 5.32 Å². The van der Waals surface area contributed by atoms with Crippen molar-refractivity contribution in [3.63, 3.8) is 0 Å². The third-order valence-electron chi connectivity index (χ3n) is 4.52. The van der Waals surface area contributed by atoms with Gasteiger partial charge < -0.3 is 9.84 Å². The van der Waals surface area contributed by atoms with Crippen LogP contribution in [0.15, 0.2) is 22.9 Å². The predicted octanol–water partition coefficient (Wildman–Crippen LogP) is 2.72. The van der Waals surface area contributed by atoms with Gasteiger partial charge in [-0.15, -0.1) is 0 Å². The van der Waals surface area contributed by atoms with Crippen LogP contribution in [0.3, 0.4) is 0 Å². The normalized spacial score (nSPS) is 19.7. The first kappa shape index (κ1) is 14.2. The van der Waals surface area contributed by atoms with Crippen LogP contribution >= 0.6 is 0 Å². The van der Waals surface area contributed by atoms with Crippen LogP contribution in [0, 0.1) is 12.8 Å². The van der Waals surface area contributed by atoms with Gasteiger partial charge in [-0.2, -0.15) is 4.98 Å². The second-order valence-corrected chi connectivity index (χ2v) is 6.36. The molecule has 0 aromatic carbocycles. The number of hydrogen-bond acceptors (Lipinski definition) is 5. The molecule has 0 radical (unpaired) electrons. The fourth-order valence-electron chi connectivity index (χ4n) is 2.94. The molecule has 0 aliphatic carbocycles. The molecule has 21 heavy (non-hydrogen) atoms. The molecule has 2 aromatic rings. The van der Waals surface area contributed by atoms with E-state index in [2.05, 4.69) is 34.3 Å². The van der Waals surface area contributed by atoms with Crippen molar-refractivity contribution in [2.24, 2.45) is 5.92 Å². The number of hydrogen-bond donors (Lipinski definition) is 1. The summed E-state index contributed by atoms with van der Waals surface area (Å²) in [7, 11) is 0. The molecule has 1 N–H and O–H groups in total. The van der Waals surface area contributed by atoms with Crippen molar-refractivity contribution in [1.29, 1.82) is 0 Å². The molecular weight excluding hydrogens is 264 g/mol. The zero-order chi connectivity index (χ0) is 14.9. The number of rotatable bonds is 3. The van der Waals surface area contributed by atoms with Gasteiger partial charge in [-0.3, -0.25) is 4.98 Å². The summed E-state index contributed by atoms with van der Waals surface area (Å²) in [5.74, 6) is 1.81. The molecule has 0 bridgehead atoms. The molecule has 0 spiro atoms. The zero-order valence-corrected chi connectivity index (χ0v) is 12.9. The molecule has 1 atom stereocenters. The first-order valence-corrected chi connectivity index (χ1v) is 7.56. The Morgan fingerprint density at radius 1 is 1.38 bits per heavy atom. The predicted molar refractivity (Wildman–Crippen MR) is 80.9 cm³/mol. The Kier molecular flexibility index (Phi) is 3.76. The van der Waals surface area contributed by atoms with Gasteiger partial charge in [0.15, 0.2) is 0 Å². The van der Waals surface area contributed by atoms with E-state index >= 15 is 0 Å². The summed E-state index contributed by atoms with van der Waals surface area (Å²) in [4.78, 5) is 8.98. The fraction of sp³-hybridized carbons (Fsp3) is 0.562. The minimum absolute atomic E-state index is 0.124. The summed E-state index contributed by atoms with van der Waals surface area (Å²) in [6.45, 7) is 8.50. The van der Waals surface area contributed by atoms with Crippen molar-refractivity contribution in [3.8, 4) is 11.5 Å². The monoisotopic (exact) mass is 286 g/mol. The Morgan fingerprint density at radius 3 is 2.95 bits per heavy atom. The Morgan fingerprint density at radius 2 is 2.24 bits per heavy atom. The minimum Gasteiger partial charge on any atom is -0.338 e. The molecular formula is C16H22N4O. The van der Waals surface area contributed by atoms with Crippen molar-refractivity contribution in [2.45, 2.75) is 39.0 Å². The van der Waals surface area contributed by atoms with Crippen molar-refractivity contribution in [2.75, 3.05) is 13.1 Å². The molecule has 1 aliphatic heterocycles. The van der Waals surface area contributed by atoms with Gasteiger partial charge in [-0.05, 0) is 50.4 Å². The Labute approximate surface area is 125 Å². The summed E-state index contributed by atoms with van der Waals surface area (Å²) in [5, 5.41) is 7.60. The Bertz CT molecular complexity index is 614. The maximum Gasteiger partial charge on any atom is 0.232 e. The second-order valence-electron chi connectivity index (χ2n) is 6.36. The lowest BCUT2D eigenvalue weighted by molar-refractivity contribution is 0.196. The molecule has 1 fully saturated rings. The highest BCUT2D eigenvalue weighted by Crippen LogP contribution is 2.35. The average molecular weight is 286 g/mol. The highest BCUT2D eigenvalue weighted by Gasteiger charge is 2.37. The largest absolute Gasteiger partial charge is 0.338 e. The van der Waals surface area contributed by atoms with E-state index in [0.717, 1.165) is 24.3 Å². The third kappa shape index (κ3) is 2.70. The average Bonchev–Trinajstić information content (AvgIpc) is 2.99. The maximum absolute atomic E-state index is 5.56. The summed E-state index contributed by atoms with van der Waals surface area (Å²) >= 11 is 0. The number of piperidine rings is 1. The second kappa shape index (κ2) is 5.56. The number of aromatic nitrogens is 3. The fourth-order valence-corrected chi connectivity index (χ4v) is 2.94. The van der Waals surface area contributed by atoms with E-state index in [0.29, 0.717) is 17.6 Å². The van der Waals surface area contributed by atoms with E-state index in [1.165, 1.54) is 12.8 Å². The van der Waals surface area contributed by atoms with Crippen LogP contribution in [0.2, 0.25) is 0 Å². The molecule has 1 saturated heterocycles. The summed E-state index contributed by atoms with van der Waals surface area (Å²) in [5.41, 5.74) is 1.73. The standard InChI is InChI=1S/C16H22N4O/c1-11-6-4-9-18-13(11)14-19-15(21-20-14)16(2,3)12-7-5-8-17-10-12/h4,6,9,12,17H,5,7-8,10H2,1-3H3. The number of nitrogens with zero attached hydrogens (tertiary/aromatic N) is 3. The molecule has 3 rings (SSSR count). The SMILES string of the molecule is Cc1cccnc1-c1noc(C(C)(C)C2CCCNC2)n1. The van der Waals surface area contributed by atoms with Crippen molar-refractivity contribution < 1.29 is 4.52 Å². The van der Waals surface area contributed by atoms with Gasteiger partial charge in [-0.25, -0.2) is 0 Å². The van der Waals surface area contributed by atoms with Crippen molar-refractivity contribution in [3.05, 3.63) is 29.8 Å². The molecule has 3 heterocycles. The van der Waals surface area contributed by atoms with E-state index in [-0.39, 0.29) is 5.41 Å². The lowest BCUT2D eigenvalue weighted by atomic mass is 9.75. The van der Waals surface area contributed by atoms with Crippen LogP contribution in [0.25, 0.3) is 11.5 Å². The molecule has 1 aliphatic rings. The lowest BCUT2D eigenvalue weighted by Crippen LogP contribution is -2.40. The highest BCUT2D eigenvalue weighted by atomic mass is 16.5. The van der Waals surface area contributed by atoms with Crippen LogP contribution in [0.1, 0.15) is 38.1 Å². The molecule has 112 valence electrons. The van der Waals surface area contributed by atoms with Crippen LogP contribution in [0.4, 0.5) is 0 Å². The Hall–Kier alpha value is -1.75. The summed E-state index contributed by atoms with van der Waals surface area (Å²) in [6, 6.07) is 3.92. The number of nitrogens with one attached hydrogen (secondary N) is 1. The summed E-state index contributed by atoms with van der Waals surface area (Å²) < 4.78 is 5.56. The van der Waals surface area contributed by atoms with E-state index in [1.807, 2.05) is 19.1 Å². The lowest BCUT2D eigenvalue weighted by Gasteiger charge is -2.34. The molecule has 0 amide bonds.